The lowest BCUT2D eigenvalue weighted by molar-refractivity contribution is 0.445. The first-order valence-corrected chi connectivity index (χ1v) is 11.2. The van der Waals surface area contributed by atoms with Gasteiger partial charge in [-0.15, -0.1) is 0 Å². The largest absolute Gasteiger partial charge is 0.357 e. The summed E-state index contributed by atoms with van der Waals surface area (Å²) in [5, 5.41) is 6.25. The maximum absolute atomic E-state index is 13.5. The molecule has 8 heteroatoms. The van der Waals surface area contributed by atoms with E-state index in [4.69, 9.17) is 0 Å². The summed E-state index contributed by atoms with van der Waals surface area (Å²) in [5.74, 6) is 0.387. The number of aliphatic imine (C=N–C) groups is 1. The third-order valence-corrected chi connectivity index (χ3v) is 6.95. The summed E-state index contributed by atoms with van der Waals surface area (Å²) in [6.07, 6.45) is 1.96. The highest BCUT2D eigenvalue weighted by molar-refractivity contribution is 7.89. The van der Waals surface area contributed by atoms with Crippen molar-refractivity contribution in [3.63, 3.8) is 0 Å². The average molecular weight is 399 g/mol. The number of sulfonamides is 1. The molecule has 0 unspecified atom stereocenters. The molecule has 0 radical (unpaired) electrons. The number of hydrogen-bond acceptors (Lipinski definition) is 3. The summed E-state index contributed by atoms with van der Waals surface area (Å²) < 4.78 is 39.5. The van der Waals surface area contributed by atoms with E-state index in [0.29, 0.717) is 32.1 Å². The van der Waals surface area contributed by atoms with Crippen molar-refractivity contribution in [3.05, 3.63) is 35.6 Å². The molecule has 1 fully saturated rings. The molecule has 152 valence electrons. The van der Waals surface area contributed by atoms with Gasteiger partial charge in [0, 0.05) is 31.6 Å². The van der Waals surface area contributed by atoms with Gasteiger partial charge in [-0.25, -0.2) is 17.1 Å². The summed E-state index contributed by atoms with van der Waals surface area (Å²) in [5.41, 5.74) is 0.879. The summed E-state index contributed by atoms with van der Waals surface area (Å²) >= 11 is 0. The minimum absolute atomic E-state index is 0.0220. The van der Waals surface area contributed by atoms with Crippen LogP contribution in [-0.2, 0) is 15.4 Å². The fourth-order valence-electron chi connectivity index (χ4n) is 3.12. The van der Waals surface area contributed by atoms with Crippen LogP contribution in [0.5, 0.6) is 0 Å². The maximum atomic E-state index is 13.5. The zero-order valence-corrected chi connectivity index (χ0v) is 17.3. The zero-order valence-electron chi connectivity index (χ0n) is 16.5. The Labute approximate surface area is 162 Å². The number of guanidine groups is 1. The molecule has 0 spiro atoms. The van der Waals surface area contributed by atoms with Gasteiger partial charge in [-0.1, -0.05) is 26.0 Å². The average Bonchev–Trinajstić information content (AvgIpc) is 3.41. The topological polar surface area (TPSA) is 73.8 Å². The molecule has 27 heavy (non-hydrogen) atoms. The highest BCUT2D eigenvalue weighted by Gasteiger charge is 2.44. The SMILES string of the molecule is CCNC(=NCC1(c2cccc(F)c2)CC1)NCCS(=O)(=O)N(CC)CC. The first kappa shape index (κ1) is 21.6. The number of nitrogens with one attached hydrogen (secondary N) is 2. The van der Waals surface area contributed by atoms with Crippen molar-refractivity contribution >= 4 is 16.0 Å². The van der Waals surface area contributed by atoms with Crippen LogP contribution >= 0.6 is 0 Å². The number of hydrogen-bond donors (Lipinski definition) is 2. The summed E-state index contributed by atoms with van der Waals surface area (Å²) in [6, 6.07) is 6.71. The van der Waals surface area contributed by atoms with Crippen molar-refractivity contribution in [1.82, 2.24) is 14.9 Å². The molecule has 0 amide bonds. The minimum atomic E-state index is -3.27. The number of rotatable bonds is 10. The first-order chi connectivity index (χ1) is 12.9. The van der Waals surface area contributed by atoms with Crippen LogP contribution in [-0.4, -0.2) is 57.2 Å². The molecule has 0 bridgehead atoms. The van der Waals surface area contributed by atoms with Crippen LogP contribution in [0.25, 0.3) is 0 Å². The lowest BCUT2D eigenvalue weighted by Gasteiger charge is -2.19. The van der Waals surface area contributed by atoms with Crippen molar-refractivity contribution in [2.45, 2.75) is 39.0 Å². The van der Waals surface area contributed by atoms with Gasteiger partial charge in [0.25, 0.3) is 0 Å². The predicted molar refractivity (Wildman–Crippen MR) is 108 cm³/mol. The Hall–Kier alpha value is -1.67. The van der Waals surface area contributed by atoms with Crippen LogP contribution in [0.4, 0.5) is 4.39 Å². The number of halogens is 1. The Morgan fingerprint density at radius 1 is 1.22 bits per heavy atom. The Morgan fingerprint density at radius 3 is 2.48 bits per heavy atom. The van der Waals surface area contributed by atoms with E-state index in [1.807, 2.05) is 26.8 Å². The van der Waals surface area contributed by atoms with Gasteiger partial charge in [0.15, 0.2) is 5.96 Å². The van der Waals surface area contributed by atoms with E-state index in [2.05, 4.69) is 15.6 Å². The van der Waals surface area contributed by atoms with Crippen molar-refractivity contribution in [2.24, 2.45) is 4.99 Å². The second kappa shape index (κ2) is 9.50. The van der Waals surface area contributed by atoms with Crippen molar-refractivity contribution in [3.8, 4) is 0 Å². The maximum Gasteiger partial charge on any atom is 0.215 e. The van der Waals surface area contributed by atoms with Gasteiger partial charge in [-0.05, 0) is 37.5 Å². The standard InChI is InChI=1S/C19H31FN4O2S/c1-4-21-18(22-12-13-27(25,26)24(5-2)6-3)23-15-19(10-11-19)16-8-7-9-17(20)14-16/h7-9,14H,4-6,10-13,15H2,1-3H3,(H2,21,22,23). The molecule has 2 N–H and O–H groups in total. The van der Waals surface area contributed by atoms with Gasteiger partial charge in [0.2, 0.25) is 10.0 Å². The monoisotopic (exact) mass is 398 g/mol. The lowest BCUT2D eigenvalue weighted by Crippen LogP contribution is -2.42. The highest BCUT2D eigenvalue weighted by atomic mass is 32.2. The molecule has 2 rings (SSSR count). The Kier molecular flexibility index (Phi) is 7.61. The highest BCUT2D eigenvalue weighted by Crippen LogP contribution is 2.48. The molecule has 1 saturated carbocycles. The van der Waals surface area contributed by atoms with Gasteiger partial charge in [0.1, 0.15) is 5.82 Å². The van der Waals surface area contributed by atoms with Gasteiger partial charge in [0.05, 0.1) is 12.3 Å². The van der Waals surface area contributed by atoms with Crippen LogP contribution in [0.3, 0.4) is 0 Å². The molecular weight excluding hydrogens is 367 g/mol. The van der Waals surface area contributed by atoms with E-state index in [1.165, 1.54) is 10.4 Å². The quantitative estimate of drug-likeness (QED) is 0.468. The second-order valence-corrected chi connectivity index (χ2v) is 8.90. The molecule has 1 aromatic carbocycles. The van der Waals surface area contributed by atoms with Crippen molar-refractivity contribution in [1.29, 1.82) is 0 Å². The van der Waals surface area contributed by atoms with Gasteiger partial charge in [-0.3, -0.25) is 4.99 Å². The van der Waals surface area contributed by atoms with E-state index in [9.17, 15) is 12.8 Å². The molecule has 0 saturated heterocycles. The molecule has 1 aromatic rings. The predicted octanol–water partition coefficient (Wildman–Crippen LogP) is 2.08. The zero-order chi connectivity index (χ0) is 19.9. The molecule has 6 nitrogen and oxygen atoms in total. The summed E-state index contributed by atoms with van der Waals surface area (Å²) in [6.45, 7) is 8.10. The fraction of sp³-hybridized carbons (Fsp3) is 0.632. The van der Waals surface area contributed by atoms with Crippen LogP contribution in [0.15, 0.2) is 29.3 Å². The third-order valence-electron chi connectivity index (χ3n) is 4.93. The molecule has 0 aromatic heterocycles. The number of nitrogens with zero attached hydrogens (tertiary/aromatic N) is 2. The molecule has 1 aliphatic carbocycles. The summed E-state index contributed by atoms with van der Waals surface area (Å²) in [4.78, 5) is 4.62. The molecule has 0 aliphatic heterocycles. The molecule has 0 atom stereocenters. The van der Waals surface area contributed by atoms with E-state index in [0.717, 1.165) is 18.4 Å². The van der Waals surface area contributed by atoms with Gasteiger partial charge < -0.3 is 10.6 Å². The second-order valence-electron chi connectivity index (χ2n) is 6.81. The Bertz CT molecular complexity index is 744. The Morgan fingerprint density at radius 2 is 1.93 bits per heavy atom. The van der Waals surface area contributed by atoms with Crippen molar-refractivity contribution in [2.75, 3.05) is 38.5 Å². The van der Waals surface area contributed by atoms with E-state index >= 15 is 0 Å². The smallest absolute Gasteiger partial charge is 0.215 e. The molecular formula is C19H31FN4O2S. The fourth-order valence-corrected chi connectivity index (χ4v) is 4.53. The number of benzene rings is 1. The third kappa shape index (κ3) is 5.90. The van der Waals surface area contributed by atoms with E-state index in [1.54, 1.807) is 12.1 Å². The van der Waals surface area contributed by atoms with Gasteiger partial charge >= 0.3 is 0 Å². The van der Waals surface area contributed by atoms with Crippen LogP contribution in [0, 0.1) is 5.82 Å². The van der Waals surface area contributed by atoms with E-state index in [-0.39, 0.29) is 23.5 Å². The lowest BCUT2D eigenvalue weighted by atomic mass is 9.96. The van der Waals surface area contributed by atoms with Crippen molar-refractivity contribution < 1.29 is 12.8 Å². The Balaban J connectivity index is 1.97. The summed E-state index contributed by atoms with van der Waals surface area (Å²) in [7, 11) is -3.27. The van der Waals surface area contributed by atoms with Crippen LogP contribution in [0.2, 0.25) is 0 Å². The van der Waals surface area contributed by atoms with Crippen LogP contribution < -0.4 is 10.6 Å². The minimum Gasteiger partial charge on any atom is -0.357 e. The first-order valence-electron chi connectivity index (χ1n) is 9.63. The van der Waals surface area contributed by atoms with Crippen LogP contribution in [0.1, 0.15) is 39.2 Å². The van der Waals surface area contributed by atoms with Gasteiger partial charge in [-0.2, -0.15) is 0 Å². The molecule has 0 heterocycles. The normalized spacial score (nSPS) is 16.4. The molecule has 1 aliphatic rings. The van der Waals surface area contributed by atoms with E-state index < -0.39 is 10.0 Å².